The number of benzene rings is 1. The van der Waals surface area contributed by atoms with Crippen molar-refractivity contribution in [2.75, 3.05) is 13.2 Å². The Labute approximate surface area is 146 Å². The third-order valence-corrected chi connectivity index (χ3v) is 3.78. The molecule has 136 valence electrons. The van der Waals surface area contributed by atoms with Gasteiger partial charge in [0.2, 0.25) is 0 Å². The Bertz CT molecular complexity index is 428. The van der Waals surface area contributed by atoms with Crippen molar-refractivity contribution in [2.24, 2.45) is 0 Å². The van der Waals surface area contributed by atoms with E-state index in [9.17, 15) is 4.79 Å². The molecule has 0 saturated carbocycles. The Kier molecular flexibility index (Phi) is 11.8. The molecule has 0 aliphatic heterocycles. The standard InChI is InChI=1S/C20H32O4/c1-3-5-6-7-8-9-10-11-17-23-24-20(21)18-12-14-19(15-13-18)22-16-4-2/h12-15H,3-11,16-17H2,1-2H3. The highest BCUT2D eigenvalue weighted by Gasteiger charge is 2.08. The minimum atomic E-state index is -0.461. The molecule has 0 aliphatic rings. The molecule has 0 fully saturated rings. The highest BCUT2D eigenvalue weighted by Crippen LogP contribution is 2.13. The van der Waals surface area contributed by atoms with E-state index >= 15 is 0 Å². The van der Waals surface area contributed by atoms with E-state index in [1.54, 1.807) is 24.3 Å². The van der Waals surface area contributed by atoms with Gasteiger partial charge in [-0.1, -0.05) is 58.8 Å². The van der Waals surface area contributed by atoms with Gasteiger partial charge < -0.3 is 4.74 Å². The minimum Gasteiger partial charge on any atom is -0.494 e. The molecule has 0 bridgehead atoms. The number of hydrogen-bond donors (Lipinski definition) is 0. The summed E-state index contributed by atoms with van der Waals surface area (Å²) in [4.78, 5) is 21.7. The van der Waals surface area contributed by atoms with Crippen LogP contribution in [-0.4, -0.2) is 19.2 Å². The zero-order valence-electron chi connectivity index (χ0n) is 15.2. The number of ether oxygens (including phenoxy) is 1. The predicted molar refractivity (Wildman–Crippen MR) is 96.2 cm³/mol. The van der Waals surface area contributed by atoms with Crippen LogP contribution in [0.25, 0.3) is 0 Å². The fraction of sp³-hybridized carbons (Fsp3) is 0.650. The Hall–Kier alpha value is -1.55. The van der Waals surface area contributed by atoms with Crippen LogP contribution in [0.4, 0.5) is 0 Å². The molecule has 1 aromatic carbocycles. The monoisotopic (exact) mass is 336 g/mol. The summed E-state index contributed by atoms with van der Waals surface area (Å²) in [5, 5.41) is 0. The Morgan fingerprint density at radius 1 is 0.792 bits per heavy atom. The van der Waals surface area contributed by atoms with Crippen LogP contribution in [0, 0.1) is 0 Å². The van der Waals surface area contributed by atoms with E-state index in [4.69, 9.17) is 14.5 Å². The maximum atomic E-state index is 11.8. The van der Waals surface area contributed by atoms with Crippen LogP contribution in [0.3, 0.4) is 0 Å². The van der Waals surface area contributed by atoms with Crippen molar-refractivity contribution in [2.45, 2.75) is 71.6 Å². The second-order valence-electron chi connectivity index (χ2n) is 6.04. The first-order valence-electron chi connectivity index (χ1n) is 9.34. The summed E-state index contributed by atoms with van der Waals surface area (Å²) in [6.45, 7) is 5.41. The van der Waals surface area contributed by atoms with Crippen molar-refractivity contribution in [3.05, 3.63) is 29.8 Å². The number of hydrogen-bond acceptors (Lipinski definition) is 4. The first kappa shape index (κ1) is 20.5. The van der Waals surface area contributed by atoms with Crippen LogP contribution in [0.15, 0.2) is 24.3 Å². The van der Waals surface area contributed by atoms with Gasteiger partial charge >= 0.3 is 5.97 Å². The summed E-state index contributed by atoms with van der Waals surface area (Å²) >= 11 is 0. The Balaban J connectivity index is 2.05. The normalized spacial score (nSPS) is 10.6. The third kappa shape index (κ3) is 9.56. The lowest BCUT2D eigenvalue weighted by Crippen LogP contribution is -2.07. The molecule has 24 heavy (non-hydrogen) atoms. The molecule has 0 radical (unpaired) electrons. The first-order valence-corrected chi connectivity index (χ1v) is 9.34. The molecule has 0 aromatic heterocycles. The van der Waals surface area contributed by atoms with E-state index in [2.05, 4.69) is 13.8 Å². The number of rotatable bonds is 14. The predicted octanol–water partition coefficient (Wildman–Crippen LogP) is 5.70. The van der Waals surface area contributed by atoms with Crippen molar-refractivity contribution in [1.82, 2.24) is 0 Å². The molecule has 0 saturated heterocycles. The van der Waals surface area contributed by atoms with Gasteiger partial charge in [0.25, 0.3) is 0 Å². The summed E-state index contributed by atoms with van der Waals surface area (Å²) in [5.41, 5.74) is 0.467. The molecule has 0 atom stereocenters. The maximum absolute atomic E-state index is 11.8. The smallest absolute Gasteiger partial charge is 0.373 e. The summed E-state index contributed by atoms with van der Waals surface area (Å²) < 4.78 is 5.47. The zero-order valence-corrected chi connectivity index (χ0v) is 15.2. The van der Waals surface area contributed by atoms with Gasteiger partial charge in [0.15, 0.2) is 0 Å². The van der Waals surface area contributed by atoms with Crippen molar-refractivity contribution in [1.29, 1.82) is 0 Å². The van der Waals surface area contributed by atoms with Gasteiger partial charge in [-0.25, -0.2) is 4.79 Å². The number of unbranched alkanes of at least 4 members (excludes halogenated alkanes) is 7. The lowest BCUT2D eigenvalue weighted by Gasteiger charge is -2.06. The number of carbonyl (C=O) groups excluding carboxylic acids is 1. The molecule has 1 rings (SSSR count). The van der Waals surface area contributed by atoms with Crippen molar-refractivity contribution in [3.63, 3.8) is 0 Å². The quantitative estimate of drug-likeness (QED) is 0.248. The van der Waals surface area contributed by atoms with E-state index in [1.807, 2.05) is 0 Å². The van der Waals surface area contributed by atoms with Gasteiger partial charge in [-0.2, -0.15) is 4.89 Å². The summed E-state index contributed by atoms with van der Waals surface area (Å²) in [7, 11) is 0. The Morgan fingerprint density at radius 2 is 1.42 bits per heavy atom. The zero-order chi connectivity index (χ0) is 17.5. The van der Waals surface area contributed by atoms with Crippen LogP contribution in [0.5, 0.6) is 5.75 Å². The van der Waals surface area contributed by atoms with E-state index in [-0.39, 0.29) is 0 Å². The van der Waals surface area contributed by atoms with E-state index in [0.29, 0.717) is 18.8 Å². The van der Waals surface area contributed by atoms with Crippen LogP contribution in [-0.2, 0) is 9.78 Å². The molecule has 0 unspecified atom stereocenters. The van der Waals surface area contributed by atoms with Crippen molar-refractivity contribution >= 4 is 5.97 Å². The lowest BCUT2D eigenvalue weighted by atomic mass is 10.1. The summed E-state index contributed by atoms with van der Waals surface area (Å²) in [5.74, 6) is 0.296. The SMILES string of the molecule is CCCCCCCCCCOOC(=O)c1ccc(OCCC)cc1. The third-order valence-electron chi connectivity index (χ3n) is 3.78. The molecule has 1 aromatic rings. The average Bonchev–Trinajstić information content (AvgIpc) is 2.61. The van der Waals surface area contributed by atoms with Gasteiger partial charge in [0.05, 0.1) is 18.8 Å². The molecule has 0 aliphatic carbocycles. The second-order valence-corrected chi connectivity index (χ2v) is 6.04. The van der Waals surface area contributed by atoms with Crippen LogP contribution < -0.4 is 4.74 Å². The van der Waals surface area contributed by atoms with Crippen LogP contribution in [0.2, 0.25) is 0 Å². The topological polar surface area (TPSA) is 44.8 Å². The lowest BCUT2D eigenvalue weighted by molar-refractivity contribution is -0.241. The van der Waals surface area contributed by atoms with E-state index in [1.165, 1.54) is 38.5 Å². The van der Waals surface area contributed by atoms with Gasteiger partial charge in [-0.3, -0.25) is 4.89 Å². The van der Waals surface area contributed by atoms with E-state index < -0.39 is 5.97 Å². The van der Waals surface area contributed by atoms with Crippen LogP contribution >= 0.6 is 0 Å². The minimum absolute atomic E-state index is 0.457. The maximum Gasteiger partial charge on any atom is 0.373 e. The molecular formula is C20H32O4. The van der Waals surface area contributed by atoms with Crippen molar-refractivity contribution in [3.8, 4) is 5.75 Å². The summed E-state index contributed by atoms with van der Waals surface area (Å²) in [6, 6.07) is 6.91. The molecule has 0 amide bonds. The fourth-order valence-corrected chi connectivity index (χ4v) is 2.35. The highest BCUT2D eigenvalue weighted by atomic mass is 17.2. The summed E-state index contributed by atoms with van der Waals surface area (Å²) in [6.07, 6.45) is 10.8. The van der Waals surface area contributed by atoms with Gasteiger partial charge in [-0.05, 0) is 37.1 Å². The van der Waals surface area contributed by atoms with E-state index in [0.717, 1.165) is 25.0 Å². The second kappa shape index (κ2) is 13.8. The molecule has 0 N–H and O–H groups in total. The highest BCUT2D eigenvalue weighted by molar-refractivity contribution is 5.89. The van der Waals surface area contributed by atoms with Gasteiger partial charge in [-0.15, -0.1) is 0 Å². The molecular weight excluding hydrogens is 304 g/mol. The van der Waals surface area contributed by atoms with Crippen molar-refractivity contribution < 1.29 is 19.3 Å². The largest absolute Gasteiger partial charge is 0.494 e. The van der Waals surface area contributed by atoms with Gasteiger partial charge in [0, 0.05) is 0 Å². The molecule has 4 nitrogen and oxygen atoms in total. The molecule has 0 spiro atoms. The van der Waals surface area contributed by atoms with Crippen LogP contribution in [0.1, 0.15) is 82.0 Å². The molecule has 4 heteroatoms. The van der Waals surface area contributed by atoms with Gasteiger partial charge in [0.1, 0.15) is 5.75 Å². The Morgan fingerprint density at radius 3 is 2.04 bits per heavy atom. The molecule has 0 heterocycles. The average molecular weight is 336 g/mol. The fourth-order valence-electron chi connectivity index (χ4n) is 2.35. The number of carbonyl (C=O) groups is 1. The first-order chi connectivity index (χ1) is 11.8.